The number of methoxy groups -OCH3 is 2. The molecule has 1 aliphatic rings. The van der Waals surface area contributed by atoms with Crippen LogP contribution >= 0.6 is 0 Å². The summed E-state index contributed by atoms with van der Waals surface area (Å²) in [6.07, 6.45) is 1.01. The molecule has 0 saturated heterocycles. The second-order valence-electron chi connectivity index (χ2n) is 8.56. The highest BCUT2D eigenvalue weighted by Crippen LogP contribution is 2.39. The van der Waals surface area contributed by atoms with Crippen LogP contribution in [0.3, 0.4) is 0 Å². The Balaban J connectivity index is 1.71. The number of carbonyl (C=O) groups is 2. The first-order chi connectivity index (χ1) is 18.4. The Bertz CT molecular complexity index is 1350. The Kier molecular flexibility index (Phi) is 8.27. The molecule has 0 spiro atoms. The lowest BCUT2D eigenvalue weighted by Gasteiger charge is -2.29. The first kappa shape index (κ1) is 26.7. The highest BCUT2D eigenvalue weighted by Gasteiger charge is 2.35. The van der Waals surface area contributed by atoms with Gasteiger partial charge in [0.25, 0.3) is 5.91 Å². The summed E-state index contributed by atoms with van der Waals surface area (Å²) < 4.78 is 17.6. The molecule has 0 aliphatic carbocycles. The predicted molar refractivity (Wildman–Crippen MR) is 140 cm³/mol. The van der Waals surface area contributed by atoms with E-state index in [1.54, 1.807) is 63.1 Å². The Hall–Kier alpha value is -4.38. The lowest BCUT2D eigenvalue weighted by atomic mass is 9.94. The second kappa shape index (κ2) is 11.8. The fraction of sp³-hybridized carbons (Fsp3) is 0.333. The largest absolute Gasteiger partial charge is 0.493 e. The highest BCUT2D eigenvalue weighted by atomic mass is 16.5. The van der Waals surface area contributed by atoms with Gasteiger partial charge >= 0.3 is 5.97 Å². The van der Waals surface area contributed by atoms with Crippen molar-refractivity contribution >= 4 is 23.5 Å². The lowest BCUT2D eigenvalue weighted by molar-refractivity contribution is -0.113. The number of rotatable bonds is 10. The van der Waals surface area contributed by atoms with Gasteiger partial charge in [0.1, 0.15) is 6.04 Å². The molecule has 1 aromatic heterocycles. The molecular formula is C27H31N5O6. The van der Waals surface area contributed by atoms with Gasteiger partial charge in [-0.25, -0.2) is 9.48 Å². The van der Waals surface area contributed by atoms with Gasteiger partial charge in [-0.2, -0.15) is 10.1 Å². The molecule has 3 N–H and O–H groups in total. The van der Waals surface area contributed by atoms with Crippen molar-refractivity contribution < 1.29 is 28.9 Å². The number of allylic oxidation sites excluding steroid dienone is 1. The number of aliphatic hydroxyl groups excluding tert-OH is 1. The number of carbonyl (C=O) groups excluding carboxylic acids is 2. The number of benzene rings is 2. The van der Waals surface area contributed by atoms with Gasteiger partial charge in [-0.1, -0.05) is 6.07 Å². The van der Waals surface area contributed by atoms with Gasteiger partial charge in [0, 0.05) is 24.4 Å². The molecule has 1 unspecified atom stereocenters. The molecule has 200 valence electrons. The molecule has 0 radical (unpaired) electrons. The van der Waals surface area contributed by atoms with Gasteiger partial charge in [0.05, 0.1) is 32.0 Å². The number of ether oxygens (including phenoxy) is 3. The average molecular weight is 522 g/mol. The van der Waals surface area contributed by atoms with Crippen molar-refractivity contribution in [3.8, 4) is 11.5 Å². The minimum Gasteiger partial charge on any atom is -0.493 e. The molecule has 0 saturated carbocycles. The first-order valence-corrected chi connectivity index (χ1v) is 12.2. The monoisotopic (exact) mass is 521 g/mol. The molecule has 38 heavy (non-hydrogen) atoms. The van der Waals surface area contributed by atoms with Crippen LogP contribution < -0.4 is 20.1 Å². The molecule has 2 aromatic carbocycles. The topological polar surface area (TPSA) is 137 Å². The highest BCUT2D eigenvalue weighted by molar-refractivity contribution is 6.06. The zero-order chi connectivity index (χ0) is 27.2. The van der Waals surface area contributed by atoms with Crippen LogP contribution in [0.25, 0.3) is 0 Å². The summed E-state index contributed by atoms with van der Waals surface area (Å²) in [7, 11) is 3.10. The molecule has 1 aliphatic heterocycles. The molecule has 0 fully saturated rings. The van der Waals surface area contributed by atoms with Crippen molar-refractivity contribution in [1.82, 2.24) is 14.8 Å². The smallest absolute Gasteiger partial charge is 0.338 e. The third-order valence-corrected chi connectivity index (χ3v) is 6.08. The number of aromatic nitrogens is 3. The predicted octanol–water partition coefficient (Wildman–Crippen LogP) is 3.32. The van der Waals surface area contributed by atoms with Crippen molar-refractivity contribution in [3.63, 3.8) is 0 Å². The average Bonchev–Trinajstić information content (AvgIpc) is 3.33. The Morgan fingerprint density at radius 1 is 1.11 bits per heavy atom. The van der Waals surface area contributed by atoms with Gasteiger partial charge in [0.2, 0.25) is 5.95 Å². The zero-order valence-electron chi connectivity index (χ0n) is 21.8. The summed E-state index contributed by atoms with van der Waals surface area (Å²) in [4.78, 5) is 30.2. The zero-order valence-corrected chi connectivity index (χ0v) is 21.8. The van der Waals surface area contributed by atoms with E-state index in [9.17, 15) is 14.7 Å². The van der Waals surface area contributed by atoms with E-state index in [1.165, 1.54) is 0 Å². The number of nitrogens with zero attached hydrogens (tertiary/aromatic N) is 3. The molecule has 0 bridgehead atoms. The fourth-order valence-electron chi connectivity index (χ4n) is 4.27. The number of hydrogen-bond acceptors (Lipinski definition) is 9. The number of nitrogens with one attached hydrogen (secondary N) is 2. The van der Waals surface area contributed by atoms with Crippen LogP contribution in [0.5, 0.6) is 11.5 Å². The number of hydrogen-bond donors (Lipinski definition) is 3. The molecule has 2 heterocycles. The van der Waals surface area contributed by atoms with E-state index in [2.05, 4.69) is 20.7 Å². The number of aliphatic hydroxyl groups is 1. The van der Waals surface area contributed by atoms with Gasteiger partial charge in [-0.15, -0.1) is 0 Å². The molecule has 11 heteroatoms. The minimum absolute atomic E-state index is 0.0241. The van der Waals surface area contributed by atoms with E-state index in [1.807, 2.05) is 12.1 Å². The lowest BCUT2D eigenvalue weighted by Crippen LogP contribution is -2.31. The standard InChI is InChI=1S/C27H31N5O6/c1-5-38-26(35)17-8-11-19(12-9-17)29-25(34)23-16(2)28-27-30-22(7-6-14-33)31-32(27)24(23)18-10-13-20(36-3)21(15-18)37-4/h8-13,15,24,33H,5-7,14H2,1-4H3,(H,29,34)(H,28,30,31). The van der Waals surface area contributed by atoms with Crippen LogP contribution in [0, 0.1) is 0 Å². The number of amides is 1. The molecule has 11 nitrogen and oxygen atoms in total. The van der Waals surface area contributed by atoms with Crippen molar-refractivity contribution in [1.29, 1.82) is 0 Å². The van der Waals surface area contributed by atoms with Crippen LogP contribution in [0.2, 0.25) is 0 Å². The second-order valence-corrected chi connectivity index (χ2v) is 8.56. The Morgan fingerprint density at radius 2 is 1.84 bits per heavy atom. The number of aryl methyl sites for hydroxylation is 1. The van der Waals surface area contributed by atoms with E-state index in [0.717, 1.165) is 5.56 Å². The maximum absolute atomic E-state index is 13.7. The molecule has 4 rings (SSSR count). The quantitative estimate of drug-likeness (QED) is 0.343. The summed E-state index contributed by atoms with van der Waals surface area (Å²) in [6.45, 7) is 3.85. The number of anilines is 2. The first-order valence-electron chi connectivity index (χ1n) is 12.2. The van der Waals surface area contributed by atoms with E-state index >= 15 is 0 Å². The van der Waals surface area contributed by atoms with Crippen molar-refractivity contribution in [3.05, 3.63) is 70.7 Å². The maximum Gasteiger partial charge on any atom is 0.338 e. The van der Waals surface area contributed by atoms with E-state index in [0.29, 0.717) is 58.6 Å². The molecule has 3 aromatic rings. The normalized spacial score (nSPS) is 14.4. The van der Waals surface area contributed by atoms with Crippen LogP contribution in [-0.2, 0) is 16.0 Å². The van der Waals surface area contributed by atoms with Crippen LogP contribution in [0.1, 0.15) is 48.1 Å². The van der Waals surface area contributed by atoms with E-state index < -0.39 is 12.0 Å². The molecule has 1 atom stereocenters. The van der Waals surface area contributed by atoms with Crippen molar-refractivity contribution in [2.45, 2.75) is 32.7 Å². The van der Waals surface area contributed by atoms with Crippen LogP contribution in [0.15, 0.2) is 53.7 Å². The van der Waals surface area contributed by atoms with Gasteiger partial charge in [-0.3, -0.25) is 4.79 Å². The molecule has 1 amide bonds. The Morgan fingerprint density at radius 3 is 2.50 bits per heavy atom. The maximum atomic E-state index is 13.7. The van der Waals surface area contributed by atoms with Crippen LogP contribution in [0.4, 0.5) is 11.6 Å². The third-order valence-electron chi connectivity index (χ3n) is 6.08. The third kappa shape index (κ3) is 5.47. The number of esters is 1. The summed E-state index contributed by atoms with van der Waals surface area (Å²) in [5.41, 5.74) is 2.69. The van der Waals surface area contributed by atoms with Crippen molar-refractivity contribution in [2.75, 3.05) is 38.1 Å². The van der Waals surface area contributed by atoms with Gasteiger partial charge in [-0.05, 0) is 62.2 Å². The van der Waals surface area contributed by atoms with Crippen LogP contribution in [-0.4, -0.2) is 59.2 Å². The molecular weight excluding hydrogens is 490 g/mol. The van der Waals surface area contributed by atoms with E-state index in [4.69, 9.17) is 14.2 Å². The minimum atomic E-state index is -0.625. The summed E-state index contributed by atoms with van der Waals surface area (Å²) in [6, 6.07) is 11.3. The van der Waals surface area contributed by atoms with Gasteiger partial charge in [0.15, 0.2) is 17.3 Å². The summed E-state index contributed by atoms with van der Waals surface area (Å²) in [5, 5.41) is 20.0. The summed E-state index contributed by atoms with van der Waals surface area (Å²) >= 11 is 0. The van der Waals surface area contributed by atoms with E-state index in [-0.39, 0.29) is 19.1 Å². The fourth-order valence-corrected chi connectivity index (χ4v) is 4.27. The number of fused-ring (bicyclic) bond motifs is 1. The van der Waals surface area contributed by atoms with Gasteiger partial charge < -0.3 is 30.0 Å². The Labute approximate surface area is 220 Å². The van der Waals surface area contributed by atoms with Crippen molar-refractivity contribution in [2.24, 2.45) is 0 Å². The SMILES string of the molecule is CCOC(=O)c1ccc(NC(=O)C2=C(C)Nc3nc(CCCO)nn3C2c2ccc(OC)c(OC)c2)cc1. The summed E-state index contributed by atoms with van der Waals surface area (Å²) in [5.74, 6) is 1.33.